The molecule has 30 heavy (non-hydrogen) atoms. The third-order valence-electron chi connectivity index (χ3n) is 6.52. The number of urea groups is 1. The molecule has 2 aliphatic rings. The van der Waals surface area contributed by atoms with Crippen LogP contribution in [0, 0.1) is 0 Å². The van der Waals surface area contributed by atoms with Gasteiger partial charge in [-0.1, -0.05) is 44.2 Å². The van der Waals surface area contributed by atoms with Crippen LogP contribution in [0.4, 0.5) is 4.79 Å². The van der Waals surface area contributed by atoms with Gasteiger partial charge in [-0.15, -0.1) is 0 Å². The molecule has 3 amide bonds. The maximum absolute atomic E-state index is 13.3. The van der Waals surface area contributed by atoms with Crippen molar-refractivity contribution < 1.29 is 14.4 Å². The first-order chi connectivity index (χ1) is 14.4. The van der Waals surface area contributed by atoms with Crippen molar-refractivity contribution in [3.05, 3.63) is 69.8 Å². The van der Waals surface area contributed by atoms with E-state index < -0.39 is 11.6 Å². The van der Waals surface area contributed by atoms with Gasteiger partial charge in [0, 0.05) is 5.56 Å². The lowest BCUT2D eigenvalue weighted by Crippen LogP contribution is -2.41. The summed E-state index contributed by atoms with van der Waals surface area (Å²) < 4.78 is 0. The Morgan fingerprint density at radius 2 is 1.80 bits per heavy atom. The molecule has 2 aromatic carbocycles. The lowest BCUT2D eigenvalue weighted by Gasteiger charge is -2.23. The molecule has 1 unspecified atom stereocenters. The van der Waals surface area contributed by atoms with Crippen molar-refractivity contribution in [3.63, 3.8) is 0 Å². The lowest BCUT2D eigenvalue weighted by molar-refractivity contribution is -0.130. The van der Waals surface area contributed by atoms with Crippen LogP contribution in [0.15, 0.2) is 36.4 Å². The molecule has 2 aromatic rings. The number of ketones is 1. The number of fused-ring (bicyclic) bond motifs is 1. The molecular weight excluding hydrogens is 376 g/mol. The molecular formula is C25H28N2O3. The summed E-state index contributed by atoms with van der Waals surface area (Å²) in [6, 6.07) is 11.4. The Morgan fingerprint density at radius 3 is 2.53 bits per heavy atom. The molecule has 1 aliphatic heterocycles. The number of benzene rings is 2. The minimum atomic E-state index is -1.15. The van der Waals surface area contributed by atoms with Crippen molar-refractivity contribution in [2.24, 2.45) is 0 Å². The smallest absolute Gasteiger partial charge is 0.319 e. The first-order valence-corrected chi connectivity index (χ1v) is 10.8. The molecule has 1 N–H and O–H groups in total. The number of nitrogens with one attached hydrogen (secondary N) is 1. The molecule has 0 aromatic heterocycles. The zero-order valence-corrected chi connectivity index (χ0v) is 17.9. The molecule has 5 nitrogen and oxygen atoms in total. The van der Waals surface area contributed by atoms with Gasteiger partial charge in [0.25, 0.3) is 5.91 Å². The number of nitrogens with zero attached hydrogens (tertiary/aromatic N) is 1. The van der Waals surface area contributed by atoms with Gasteiger partial charge in [0.2, 0.25) is 0 Å². The van der Waals surface area contributed by atoms with Gasteiger partial charge in [-0.25, -0.2) is 4.79 Å². The summed E-state index contributed by atoms with van der Waals surface area (Å²) in [7, 11) is 0. The Bertz CT molecular complexity index is 1040. The van der Waals surface area contributed by atoms with Gasteiger partial charge >= 0.3 is 6.03 Å². The van der Waals surface area contributed by atoms with E-state index >= 15 is 0 Å². The van der Waals surface area contributed by atoms with Crippen LogP contribution < -0.4 is 5.32 Å². The zero-order valence-electron chi connectivity index (χ0n) is 17.9. The van der Waals surface area contributed by atoms with Crippen molar-refractivity contribution in [1.82, 2.24) is 10.2 Å². The van der Waals surface area contributed by atoms with Crippen LogP contribution in [0.3, 0.4) is 0 Å². The summed E-state index contributed by atoms with van der Waals surface area (Å²) in [6.45, 7) is 5.51. The molecule has 5 heteroatoms. The van der Waals surface area contributed by atoms with Crippen LogP contribution in [0.25, 0.3) is 0 Å². The Labute approximate surface area is 177 Å². The van der Waals surface area contributed by atoms with Gasteiger partial charge in [0.05, 0.1) is 6.54 Å². The van der Waals surface area contributed by atoms with Crippen LogP contribution in [0.1, 0.15) is 65.4 Å². The van der Waals surface area contributed by atoms with Gasteiger partial charge in [-0.05, 0) is 72.9 Å². The molecule has 1 atom stereocenters. The predicted molar refractivity (Wildman–Crippen MR) is 116 cm³/mol. The normalized spacial score (nSPS) is 20.4. The fourth-order valence-corrected chi connectivity index (χ4v) is 4.56. The van der Waals surface area contributed by atoms with E-state index in [2.05, 4.69) is 11.4 Å². The maximum Gasteiger partial charge on any atom is 0.325 e. The number of carbonyl (C=O) groups excluding carboxylic acids is 3. The van der Waals surface area contributed by atoms with E-state index in [0.29, 0.717) is 5.56 Å². The third-order valence-corrected chi connectivity index (χ3v) is 6.52. The molecule has 0 radical (unpaired) electrons. The van der Waals surface area contributed by atoms with E-state index in [0.717, 1.165) is 53.7 Å². The van der Waals surface area contributed by atoms with E-state index in [-0.39, 0.29) is 18.2 Å². The van der Waals surface area contributed by atoms with Crippen molar-refractivity contribution in [1.29, 1.82) is 0 Å². The van der Waals surface area contributed by atoms with Crippen molar-refractivity contribution >= 4 is 17.7 Å². The number of rotatable bonds is 6. The zero-order chi connectivity index (χ0) is 21.5. The quantitative estimate of drug-likeness (QED) is 0.586. The highest BCUT2D eigenvalue weighted by atomic mass is 16.2. The summed E-state index contributed by atoms with van der Waals surface area (Å²) in [5.74, 6) is -0.577. The second-order valence-electron chi connectivity index (χ2n) is 8.41. The second-order valence-corrected chi connectivity index (χ2v) is 8.41. The number of Topliss-reactive ketones (excluding diaryl/α,β-unsaturated/α-hetero) is 1. The first-order valence-electron chi connectivity index (χ1n) is 10.8. The van der Waals surface area contributed by atoms with Gasteiger partial charge in [0.15, 0.2) is 5.78 Å². The number of amides is 3. The van der Waals surface area contributed by atoms with Crippen molar-refractivity contribution in [3.8, 4) is 0 Å². The Morgan fingerprint density at radius 1 is 1.03 bits per heavy atom. The fraction of sp³-hybridized carbons (Fsp3) is 0.400. The maximum atomic E-state index is 13.3. The monoisotopic (exact) mass is 404 g/mol. The number of hydrogen-bond donors (Lipinski definition) is 1. The predicted octanol–water partition coefficient (Wildman–Crippen LogP) is 3.95. The summed E-state index contributed by atoms with van der Waals surface area (Å²) in [5.41, 5.74) is 4.79. The van der Waals surface area contributed by atoms with Gasteiger partial charge in [-0.2, -0.15) is 0 Å². The lowest BCUT2D eigenvalue weighted by atomic mass is 9.89. The number of hydrogen-bond acceptors (Lipinski definition) is 3. The highest BCUT2D eigenvalue weighted by molar-refractivity contribution is 6.11. The molecule has 4 rings (SSSR count). The van der Waals surface area contributed by atoms with Crippen LogP contribution in [-0.4, -0.2) is 29.2 Å². The Kier molecular flexibility index (Phi) is 5.22. The first kappa shape index (κ1) is 20.3. The SMILES string of the molecule is CCc1ccc(CC)c(C(=O)CN2C(=O)NC(C)(c3ccc4c(c3)CCC4)C2=O)c1. The third kappa shape index (κ3) is 3.32. The van der Waals surface area contributed by atoms with Crippen molar-refractivity contribution in [2.45, 2.75) is 58.4 Å². The summed E-state index contributed by atoms with van der Waals surface area (Å²) in [4.78, 5) is 40.1. The largest absolute Gasteiger partial charge is 0.325 e. The minimum Gasteiger partial charge on any atom is -0.319 e. The van der Waals surface area contributed by atoms with Gasteiger partial charge in [0.1, 0.15) is 5.54 Å². The molecule has 156 valence electrons. The number of carbonyl (C=O) groups is 3. The molecule has 0 spiro atoms. The Hall–Kier alpha value is -2.95. The van der Waals surface area contributed by atoms with Crippen LogP contribution in [0.5, 0.6) is 0 Å². The molecule has 1 heterocycles. The Balaban J connectivity index is 1.60. The van der Waals surface area contributed by atoms with Crippen LogP contribution in [0.2, 0.25) is 0 Å². The molecule has 0 bridgehead atoms. The fourth-order valence-electron chi connectivity index (χ4n) is 4.56. The second kappa shape index (κ2) is 7.71. The van der Waals surface area contributed by atoms with Gasteiger partial charge < -0.3 is 5.32 Å². The molecule has 1 aliphatic carbocycles. The molecule has 1 saturated heterocycles. The standard InChI is InChI=1S/C25H28N2O3/c1-4-16-9-10-17(5-2)21(13-16)22(28)15-27-23(29)25(3,26-24(27)30)20-12-11-18-7-6-8-19(18)14-20/h9-14H,4-8,15H2,1-3H3,(H,26,30). The molecule has 1 fully saturated rings. The van der Waals surface area contributed by atoms with Gasteiger partial charge in [-0.3, -0.25) is 14.5 Å². The van der Waals surface area contributed by atoms with E-state index in [1.165, 1.54) is 11.1 Å². The summed E-state index contributed by atoms with van der Waals surface area (Å²) >= 11 is 0. The minimum absolute atomic E-state index is 0.205. The average Bonchev–Trinajstić information content (AvgIpc) is 3.31. The van der Waals surface area contributed by atoms with E-state index in [9.17, 15) is 14.4 Å². The number of aryl methyl sites for hydroxylation is 4. The summed E-state index contributed by atoms with van der Waals surface area (Å²) in [5, 5.41) is 2.83. The summed E-state index contributed by atoms with van der Waals surface area (Å²) in [6.07, 6.45) is 4.72. The van der Waals surface area contributed by atoms with E-state index in [1.807, 2.05) is 44.2 Å². The highest BCUT2D eigenvalue weighted by Gasteiger charge is 2.49. The average molecular weight is 405 g/mol. The highest BCUT2D eigenvalue weighted by Crippen LogP contribution is 2.32. The van der Waals surface area contributed by atoms with Crippen LogP contribution >= 0.6 is 0 Å². The van der Waals surface area contributed by atoms with E-state index in [1.54, 1.807) is 6.92 Å². The van der Waals surface area contributed by atoms with E-state index in [4.69, 9.17) is 0 Å². The topological polar surface area (TPSA) is 66.5 Å². The molecule has 0 saturated carbocycles. The van der Waals surface area contributed by atoms with Crippen LogP contribution in [-0.2, 0) is 36.0 Å². The van der Waals surface area contributed by atoms with Crippen molar-refractivity contribution in [2.75, 3.05) is 6.54 Å². The number of imide groups is 1.